The Bertz CT molecular complexity index is 449. The Labute approximate surface area is 87.9 Å². The zero-order valence-corrected chi connectivity index (χ0v) is 8.06. The average Bonchev–Trinajstić information content (AvgIpc) is 2.14. The van der Waals surface area contributed by atoms with Crippen molar-refractivity contribution in [3.63, 3.8) is 0 Å². The van der Waals surface area contributed by atoms with E-state index >= 15 is 0 Å². The van der Waals surface area contributed by atoms with E-state index in [1.165, 1.54) is 0 Å². The molecule has 0 amide bonds. The van der Waals surface area contributed by atoms with Crippen LogP contribution < -0.4 is 0 Å². The Kier molecular flexibility index (Phi) is 3.11. The highest BCUT2D eigenvalue weighted by atomic mass is 19.4. The van der Waals surface area contributed by atoms with Gasteiger partial charge in [-0.05, 0) is 19.1 Å². The lowest BCUT2D eigenvalue weighted by Gasteiger charge is -2.12. The van der Waals surface area contributed by atoms with E-state index in [4.69, 9.17) is 0 Å². The van der Waals surface area contributed by atoms with Crippen LogP contribution in [0.1, 0.15) is 33.2 Å². The first kappa shape index (κ1) is 12.4. The van der Waals surface area contributed by atoms with Crippen LogP contribution in [0.5, 0.6) is 0 Å². The molecule has 0 spiro atoms. The molecule has 1 rings (SSSR count). The summed E-state index contributed by atoms with van der Waals surface area (Å²) in [5.74, 6) is -2.63. The maximum atomic E-state index is 13.3. The SMILES string of the molecule is CC(=O)c1ccc(C=O)c(F)c1C(F)(F)F. The molecule has 0 unspecified atom stereocenters. The number of Topliss-reactive ketones (excluding diaryl/α,β-unsaturated/α-hetero) is 1. The predicted octanol–water partition coefficient (Wildman–Crippen LogP) is 2.86. The lowest BCUT2D eigenvalue weighted by Crippen LogP contribution is -2.16. The molecule has 0 saturated carbocycles. The van der Waals surface area contributed by atoms with Gasteiger partial charge in [-0.1, -0.05) is 0 Å². The number of hydrogen-bond donors (Lipinski definition) is 0. The Morgan fingerprint density at radius 2 is 1.88 bits per heavy atom. The summed E-state index contributed by atoms with van der Waals surface area (Å²) in [4.78, 5) is 21.2. The summed E-state index contributed by atoms with van der Waals surface area (Å²) < 4.78 is 50.7. The Hall–Kier alpha value is -1.72. The number of carbonyl (C=O) groups excluding carboxylic acids is 2. The van der Waals surface area contributed by atoms with Crippen molar-refractivity contribution in [3.05, 3.63) is 34.6 Å². The Balaban J connectivity index is 3.62. The van der Waals surface area contributed by atoms with Crippen LogP contribution in [-0.2, 0) is 6.18 Å². The molecule has 0 aromatic heterocycles. The molecular formula is C10H6F4O2. The molecule has 16 heavy (non-hydrogen) atoms. The number of alkyl halides is 3. The third-order valence-electron chi connectivity index (χ3n) is 1.96. The third kappa shape index (κ3) is 2.10. The molecular weight excluding hydrogens is 228 g/mol. The molecule has 86 valence electrons. The van der Waals surface area contributed by atoms with Gasteiger partial charge in [0.1, 0.15) is 11.4 Å². The van der Waals surface area contributed by atoms with Crippen molar-refractivity contribution in [2.45, 2.75) is 13.1 Å². The minimum absolute atomic E-state index is 0.0332. The van der Waals surface area contributed by atoms with E-state index in [1.807, 2.05) is 0 Å². The average molecular weight is 234 g/mol. The van der Waals surface area contributed by atoms with E-state index in [2.05, 4.69) is 0 Å². The lowest BCUT2D eigenvalue weighted by atomic mass is 10.0. The van der Waals surface area contributed by atoms with Gasteiger partial charge in [0.15, 0.2) is 12.1 Å². The minimum Gasteiger partial charge on any atom is -0.298 e. The van der Waals surface area contributed by atoms with E-state index in [9.17, 15) is 27.2 Å². The highest BCUT2D eigenvalue weighted by Crippen LogP contribution is 2.35. The van der Waals surface area contributed by atoms with E-state index in [-0.39, 0.29) is 6.29 Å². The van der Waals surface area contributed by atoms with Crippen LogP contribution in [0.25, 0.3) is 0 Å². The summed E-state index contributed by atoms with van der Waals surface area (Å²) in [5, 5.41) is 0. The van der Waals surface area contributed by atoms with Gasteiger partial charge in [-0.2, -0.15) is 13.2 Å². The number of aldehydes is 1. The topological polar surface area (TPSA) is 34.1 Å². The number of benzene rings is 1. The predicted molar refractivity (Wildman–Crippen MR) is 46.8 cm³/mol. The number of halogens is 4. The fraction of sp³-hybridized carbons (Fsp3) is 0.200. The smallest absolute Gasteiger partial charge is 0.298 e. The second-order valence-electron chi connectivity index (χ2n) is 3.06. The molecule has 0 aliphatic rings. The summed E-state index contributed by atoms with van der Waals surface area (Å²) in [7, 11) is 0. The standard InChI is InChI=1S/C10H6F4O2/c1-5(16)7-3-2-6(4-15)9(11)8(7)10(12,13)14/h2-4H,1H3. The monoisotopic (exact) mass is 234 g/mol. The Morgan fingerprint density at radius 1 is 1.31 bits per heavy atom. The molecule has 0 atom stereocenters. The van der Waals surface area contributed by atoms with Crippen LogP contribution in [0.4, 0.5) is 17.6 Å². The molecule has 0 saturated heterocycles. The fourth-order valence-electron chi connectivity index (χ4n) is 1.25. The summed E-state index contributed by atoms with van der Waals surface area (Å²) >= 11 is 0. The molecule has 0 radical (unpaired) electrons. The first-order chi connectivity index (χ1) is 7.29. The van der Waals surface area contributed by atoms with Gasteiger partial charge in [0.05, 0.1) is 5.56 Å². The molecule has 6 heteroatoms. The zero-order chi connectivity index (χ0) is 12.5. The van der Waals surface area contributed by atoms with Crippen molar-refractivity contribution in [1.29, 1.82) is 0 Å². The van der Waals surface area contributed by atoms with Gasteiger partial charge in [0.2, 0.25) is 0 Å². The quantitative estimate of drug-likeness (QED) is 0.448. The number of carbonyl (C=O) groups is 2. The summed E-state index contributed by atoms with van der Waals surface area (Å²) in [6.07, 6.45) is -5.04. The van der Waals surface area contributed by atoms with Gasteiger partial charge < -0.3 is 0 Å². The Morgan fingerprint density at radius 3 is 2.25 bits per heavy atom. The lowest BCUT2D eigenvalue weighted by molar-refractivity contribution is -0.140. The van der Waals surface area contributed by atoms with Gasteiger partial charge in [-0.3, -0.25) is 9.59 Å². The second-order valence-corrected chi connectivity index (χ2v) is 3.06. The second kappa shape index (κ2) is 4.03. The van der Waals surface area contributed by atoms with Crippen LogP contribution in [-0.4, -0.2) is 12.1 Å². The van der Waals surface area contributed by atoms with Crippen LogP contribution in [0.3, 0.4) is 0 Å². The molecule has 0 aliphatic carbocycles. The van der Waals surface area contributed by atoms with E-state index in [0.717, 1.165) is 19.1 Å². The molecule has 0 bridgehead atoms. The van der Waals surface area contributed by atoms with Gasteiger partial charge in [0.25, 0.3) is 0 Å². The molecule has 0 heterocycles. The first-order valence-electron chi connectivity index (χ1n) is 4.15. The molecule has 0 aliphatic heterocycles. The van der Waals surface area contributed by atoms with E-state index < -0.39 is 34.5 Å². The van der Waals surface area contributed by atoms with Crippen LogP contribution >= 0.6 is 0 Å². The highest BCUT2D eigenvalue weighted by Gasteiger charge is 2.38. The van der Waals surface area contributed by atoms with Crippen molar-refractivity contribution >= 4 is 12.1 Å². The van der Waals surface area contributed by atoms with Gasteiger partial charge in [0, 0.05) is 5.56 Å². The molecule has 1 aromatic carbocycles. The summed E-state index contributed by atoms with van der Waals surface area (Å²) in [5.41, 5.74) is -3.20. The fourth-order valence-corrected chi connectivity index (χ4v) is 1.25. The van der Waals surface area contributed by atoms with Gasteiger partial charge >= 0.3 is 6.18 Å². The maximum Gasteiger partial charge on any atom is 0.419 e. The van der Waals surface area contributed by atoms with Gasteiger partial charge in [-0.25, -0.2) is 4.39 Å². The first-order valence-corrected chi connectivity index (χ1v) is 4.15. The van der Waals surface area contributed by atoms with Crippen molar-refractivity contribution in [3.8, 4) is 0 Å². The zero-order valence-electron chi connectivity index (χ0n) is 8.06. The number of ketones is 1. The summed E-state index contributed by atoms with van der Waals surface area (Å²) in [6, 6.07) is 1.63. The number of rotatable bonds is 2. The van der Waals surface area contributed by atoms with Crippen molar-refractivity contribution in [2.75, 3.05) is 0 Å². The summed E-state index contributed by atoms with van der Waals surface area (Å²) in [6.45, 7) is 0.893. The normalized spacial score (nSPS) is 11.3. The van der Waals surface area contributed by atoms with Crippen molar-refractivity contribution in [2.24, 2.45) is 0 Å². The maximum absolute atomic E-state index is 13.3. The molecule has 2 nitrogen and oxygen atoms in total. The minimum atomic E-state index is -5.01. The van der Waals surface area contributed by atoms with Gasteiger partial charge in [-0.15, -0.1) is 0 Å². The molecule has 0 fully saturated rings. The van der Waals surface area contributed by atoms with Crippen molar-refractivity contribution < 1.29 is 27.2 Å². The highest BCUT2D eigenvalue weighted by molar-refractivity contribution is 5.96. The van der Waals surface area contributed by atoms with E-state index in [0.29, 0.717) is 0 Å². The number of hydrogen-bond acceptors (Lipinski definition) is 2. The molecule has 0 N–H and O–H groups in total. The van der Waals surface area contributed by atoms with Crippen LogP contribution in [0, 0.1) is 5.82 Å². The van der Waals surface area contributed by atoms with Crippen LogP contribution in [0.2, 0.25) is 0 Å². The molecule has 1 aromatic rings. The largest absolute Gasteiger partial charge is 0.419 e. The van der Waals surface area contributed by atoms with Crippen molar-refractivity contribution in [1.82, 2.24) is 0 Å². The van der Waals surface area contributed by atoms with Crippen LogP contribution in [0.15, 0.2) is 12.1 Å². The van der Waals surface area contributed by atoms with E-state index in [1.54, 1.807) is 0 Å². The third-order valence-corrected chi connectivity index (χ3v) is 1.96.